The number of allylic oxidation sites excluding steroid dienone is 1. The first-order valence-electron chi connectivity index (χ1n) is 5.45. The highest BCUT2D eigenvalue weighted by Gasteiger charge is 2.34. The summed E-state index contributed by atoms with van der Waals surface area (Å²) in [5, 5.41) is 0. The lowest BCUT2D eigenvalue weighted by atomic mass is 9.92. The van der Waals surface area contributed by atoms with Crippen molar-refractivity contribution in [1.82, 2.24) is 4.90 Å². The summed E-state index contributed by atoms with van der Waals surface area (Å²) in [6.45, 7) is 12.8. The van der Waals surface area contributed by atoms with E-state index in [1.54, 1.807) is 0 Å². The Labute approximate surface area is 92.1 Å². The minimum Gasteiger partial charge on any atom is -0.379 e. The molecule has 0 aromatic rings. The molecular weight excluding hydrogens is 190 g/mol. The van der Waals surface area contributed by atoms with E-state index in [-0.39, 0.29) is 11.3 Å². The average Bonchev–Trinajstić information content (AvgIpc) is 2.18. The van der Waals surface area contributed by atoms with E-state index in [1.807, 2.05) is 20.8 Å². The molecule has 0 amide bonds. The number of Topliss-reactive ketones (excluding diaryl/α,β-unsaturated/α-hetero) is 1. The van der Waals surface area contributed by atoms with Crippen LogP contribution in [0.1, 0.15) is 27.2 Å². The smallest absolute Gasteiger partial charge is 0.156 e. The Morgan fingerprint density at radius 2 is 1.93 bits per heavy atom. The van der Waals surface area contributed by atoms with Gasteiger partial charge in [0, 0.05) is 19.5 Å². The number of ketones is 1. The van der Waals surface area contributed by atoms with Crippen LogP contribution in [0.5, 0.6) is 0 Å². The molecule has 1 aliphatic rings. The van der Waals surface area contributed by atoms with Gasteiger partial charge in [-0.15, -0.1) is 0 Å². The fraction of sp³-hybridized carbons (Fsp3) is 0.750. The van der Waals surface area contributed by atoms with Gasteiger partial charge in [-0.05, 0) is 20.8 Å². The van der Waals surface area contributed by atoms with Gasteiger partial charge in [0.2, 0.25) is 0 Å². The van der Waals surface area contributed by atoms with E-state index in [0.717, 1.165) is 31.9 Å². The minimum absolute atomic E-state index is 0.247. The van der Waals surface area contributed by atoms with Crippen molar-refractivity contribution in [2.75, 3.05) is 26.3 Å². The summed E-state index contributed by atoms with van der Waals surface area (Å²) in [5.74, 6) is 0.247. The van der Waals surface area contributed by atoms with Gasteiger partial charge in [0.25, 0.3) is 0 Å². The first-order valence-corrected chi connectivity index (χ1v) is 5.45. The molecule has 0 aliphatic carbocycles. The summed E-state index contributed by atoms with van der Waals surface area (Å²) in [6.07, 6.45) is 0.477. The first kappa shape index (κ1) is 12.4. The van der Waals surface area contributed by atoms with Gasteiger partial charge in [-0.25, -0.2) is 0 Å². The number of rotatable bonds is 4. The Bertz CT molecular complexity index is 252. The number of carbonyl (C=O) groups excluding carboxylic acids is 1. The third-order valence-corrected chi connectivity index (χ3v) is 2.95. The van der Waals surface area contributed by atoms with Gasteiger partial charge in [-0.3, -0.25) is 9.69 Å². The predicted molar refractivity (Wildman–Crippen MR) is 60.9 cm³/mol. The highest BCUT2D eigenvalue weighted by atomic mass is 16.5. The summed E-state index contributed by atoms with van der Waals surface area (Å²) in [5.41, 5.74) is 0.546. The monoisotopic (exact) mass is 211 g/mol. The summed E-state index contributed by atoms with van der Waals surface area (Å²) < 4.78 is 5.29. The molecule has 0 radical (unpaired) electrons. The van der Waals surface area contributed by atoms with Crippen LogP contribution >= 0.6 is 0 Å². The lowest BCUT2D eigenvalue weighted by Gasteiger charge is -2.39. The molecule has 1 fully saturated rings. The molecule has 0 aromatic heterocycles. The largest absolute Gasteiger partial charge is 0.379 e. The van der Waals surface area contributed by atoms with Gasteiger partial charge in [-0.2, -0.15) is 0 Å². The maximum Gasteiger partial charge on any atom is 0.156 e. The fourth-order valence-corrected chi connectivity index (χ4v) is 1.79. The SMILES string of the molecule is C=C(C)CC(=O)C(C)(C)N1CCOCC1. The molecule has 0 bridgehead atoms. The van der Waals surface area contributed by atoms with Crippen LogP contribution in [0.15, 0.2) is 12.2 Å². The molecule has 0 unspecified atom stereocenters. The molecule has 0 N–H and O–H groups in total. The summed E-state index contributed by atoms with van der Waals surface area (Å²) in [4.78, 5) is 14.2. The highest BCUT2D eigenvalue weighted by molar-refractivity contribution is 5.89. The molecule has 15 heavy (non-hydrogen) atoms. The lowest BCUT2D eigenvalue weighted by molar-refractivity contribution is -0.131. The van der Waals surface area contributed by atoms with Gasteiger partial charge in [0.15, 0.2) is 5.78 Å². The lowest BCUT2D eigenvalue weighted by Crippen LogP contribution is -2.54. The van der Waals surface area contributed by atoms with E-state index < -0.39 is 0 Å². The van der Waals surface area contributed by atoms with Crippen molar-refractivity contribution < 1.29 is 9.53 Å². The number of nitrogens with zero attached hydrogens (tertiary/aromatic N) is 1. The number of ether oxygens (including phenoxy) is 1. The maximum absolute atomic E-state index is 12.0. The highest BCUT2D eigenvalue weighted by Crippen LogP contribution is 2.20. The Kier molecular flexibility index (Phi) is 4.05. The van der Waals surface area contributed by atoms with E-state index in [9.17, 15) is 4.79 Å². The predicted octanol–water partition coefficient (Wildman–Crippen LogP) is 1.63. The Balaban J connectivity index is 2.62. The van der Waals surface area contributed by atoms with Crippen LogP contribution in [-0.2, 0) is 9.53 Å². The molecule has 1 saturated heterocycles. The van der Waals surface area contributed by atoms with Crippen LogP contribution in [0.25, 0.3) is 0 Å². The van der Waals surface area contributed by atoms with Crippen molar-refractivity contribution in [2.45, 2.75) is 32.7 Å². The van der Waals surface area contributed by atoms with E-state index in [0.29, 0.717) is 6.42 Å². The molecule has 3 heteroatoms. The summed E-state index contributed by atoms with van der Waals surface area (Å²) >= 11 is 0. The third kappa shape index (κ3) is 3.14. The molecule has 1 heterocycles. The van der Waals surface area contributed by atoms with E-state index >= 15 is 0 Å². The second-order valence-corrected chi connectivity index (χ2v) is 4.72. The van der Waals surface area contributed by atoms with Crippen LogP contribution in [0.4, 0.5) is 0 Å². The Hall–Kier alpha value is -0.670. The fourth-order valence-electron chi connectivity index (χ4n) is 1.79. The van der Waals surface area contributed by atoms with Crippen molar-refractivity contribution in [3.05, 3.63) is 12.2 Å². The standard InChI is InChI=1S/C12H21NO2/c1-10(2)9-11(14)12(3,4)13-5-7-15-8-6-13/h1,5-9H2,2-4H3. The second kappa shape index (κ2) is 4.90. The topological polar surface area (TPSA) is 29.5 Å². The van der Waals surface area contributed by atoms with Gasteiger partial charge in [0.05, 0.1) is 18.8 Å². The number of hydrogen-bond acceptors (Lipinski definition) is 3. The van der Waals surface area contributed by atoms with Crippen LogP contribution < -0.4 is 0 Å². The van der Waals surface area contributed by atoms with Crippen LogP contribution in [-0.4, -0.2) is 42.5 Å². The van der Waals surface area contributed by atoms with E-state index in [2.05, 4.69) is 11.5 Å². The quantitative estimate of drug-likeness (QED) is 0.662. The van der Waals surface area contributed by atoms with Crippen LogP contribution in [0, 0.1) is 0 Å². The number of morpholine rings is 1. The van der Waals surface area contributed by atoms with E-state index in [1.165, 1.54) is 0 Å². The van der Waals surface area contributed by atoms with Crippen LogP contribution in [0.2, 0.25) is 0 Å². The molecule has 0 aromatic carbocycles. The Morgan fingerprint density at radius 1 is 1.40 bits per heavy atom. The zero-order chi connectivity index (χ0) is 11.5. The van der Waals surface area contributed by atoms with Crippen molar-refractivity contribution in [3.63, 3.8) is 0 Å². The van der Waals surface area contributed by atoms with Crippen LogP contribution in [0.3, 0.4) is 0 Å². The zero-order valence-corrected chi connectivity index (χ0v) is 10.0. The van der Waals surface area contributed by atoms with Gasteiger partial charge in [-0.1, -0.05) is 12.2 Å². The molecule has 1 aliphatic heterocycles. The summed E-state index contributed by atoms with van der Waals surface area (Å²) in [7, 11) is 0. The second-order valence-electron chi connectivity index (χ2n) is 4.72. The molecule has 1 rings (SSSR count). The maximum atomic E-state index is 12.0. The molecule has 0 saturated carbocycles. The number of carbonyl (C=O) groups is 1. The molecule has 3 nitrogen and oxygen atoms in total. The molecule has 0 spiro atoms. The van der Waals surface area contributed by atoms with Crippen molar-refractivity contribution >= 4 is 5.78 Å². The van der Waals surface area contributed by atoms with Gasteiger partial charge in [0.1, 0.15) is 0 Å². The minimum atomic E-state index is -0.386. The van der Waals surface area contributed by atoms with Gasteiger partial charge >= 0.3 is 0 Å². The third-order valence-electron chi connectivity index (χ3n) is 2.95. The first-order chi connectivity index (χ1) is 6.94. The normalized spacial score (nSPS) is 18.9. The average molecular weight is 211 g/mol. The zero-order valence-electron chi connectivity index (χ0n) is 10.0. The molecule has 86 valence electrons. The van der Waals surface area contributed by atoms with Crippen molar-refractivity contribution in [2.24, 2.45) is 0 Å². The van der Waals surface area contributed by atoms with Crippen molar-refractivity contribution in [1.29, 1.82) is 0 Å². The Morgan fingerprint density at radius 3 is 2.40 bits per heavy atom. The molecular formula is C12H21NO2. The number of hydrogen-bond donors (Lipinski definition) is 0. The van der Waals surface area contributed by atoms with E-state index in [4.69, 9.17) is 4.74 Å². The van der Waals surface area contributed by atoms with Gasteiger partial charge < -0.3 is 4.74 Å². The summed E-state index contributed by atoms with van der Waals surface area (Å²) in [6, 6.07) is 0. The van der Waals surface area contributed by atoms with Crippen molar-refractivity contribution in [3.8, 4) is 0 Å². The molecule has 0 atom stereocenters.